The van der Waals surface area contributed by atoms with Crippen LogP contribution in [0.5, 0.6) is 0 Å². The molecule has 1 aromatic rings. The lowest BCUT2D eigenvalue weighted by Crippen LogP contribution is -2.04. The summed E-state index contributed by atoms with van der Waals surface area (Å²) in [6, 6.07) is 2.17. The minimum atomic E-state index is 0.961. The molecule has 0 saturated carbocycles. The van der Waals surface area contributed by atoms with Gasteiger partial charge >= 0.3 is 0 Å². The van der Waals surface area contributed by atoms with Crippen molar-refractivity contribution in [3.05, 3.63) is 22.8 Å². The summed E-state index contributed by atoms with van der Waals surface area (Å²) in [6.07, 6.45) is 2.02. The van der Waals surface area contributed by atoms with Gasteiger partial charge in [-0.15, -0.1) is 0 Å². The molecule has 1 rings (SSSR count). The normalized spacial score (nSPS) is 10.3. The summed E-state index contributed by atoms with van der Waals surface area (Å²) in [7, 11) is 1.96. The molecule has 0 saturated heterocycles. The number of rotatable bonds is 3. The second kappa shape index (κ2) is 4.36. The summed E-state index contributed by atoms with van der Waals surface area (Å²) in [5.41, 5.74) is 12.1. The highest BCUT2D eigenvalue weighted by molar-refractivity contribution is 5.67. The summed E-state index contributed by atoms with van der Waals surface area (Å²) in [5.74, 6) is 0. The van der Waals surface area contributed by atoms with Gasteiger partial charge in [0.05, 0.1) is 0 Å². The highest BCUT2D eigenvalue weighted by atomic mass is 14.8. The molecule has 0 amide bonds. The number of hydrogen-bond donors (Lipinski definition) is 2. The molecule has 0 heterocycles. The molecule has 0 fully saturated rings. The molecule has 0 unspecified atom stereocenters. The van der Waals surface area contributed by atoms with E-state index in [4.69, 9.17) is 5.73 Å². The minimum Gasteiger partial charge on any atom is -0.398 e. The van der Waals surface area contributed by atoms with Gasteiger partial charge in [-0.25, -0.2) is 0 Å². The smallest absolute Gasteiger partial charge is 0.0380 e. The van der Waals surface area contributed by atoms with Crippen molar-refractivity contribution in [2.45, 2.75) is 33.6 Å². The van der Waals surface area contributed by atoms with E-state index in [0.717, 1.165) is 18.5 Å². The van der Waals surface area contributed by atoms with Gasteiger partial charge in [-0.1, -0.05) is 13.8 Å². The van der Waals surface area contributed by atoms with Gasteiger partial charge in [-0.05, 0) is 42.5 Å². The Hall–Kier alpha value is -1.18. The number of benzene rings is 1. The predicted octanol–water partition coefficient (Wildman–Crippen LogP) is 2.74. The number of hydrogen-bond acceptors (Lipinski definition) is 2. The van der Waals surface area contributed by atoms with Crippen LogP contribution in [-0.4, -0.2) is 7.05 Å². The van der Waals surface area contributed by atoms with Crippen molar-refractivity contribution < 1.29 is 0 Å². The van der Waals surface area contributed by atoms with Crippen molar-refractivity contribution in [2.24, 2.45) is 0 Å². The molecule has 0 aromatic heterocycles. The molecule has 0 spiro atoms. The Morgan fingerprint density at radius 1 is 1.29 bits per heavy atom. The van der Waals surface area contributed by atoms with Gasteiger partial charge in [0.1, 0.15) is 0 Å². The fourth-order valence-electron chi connectivity index (χ4n) is 1.92. The lowest BCUT2D eigenvalue weighted by atomic mass is 9.97. The number of nitrogen functional groups attached to an aromatic ring is 1. The molecule has 14 heavy (non-hydrogen) atoms. The molecule has 2 nitrogen and oxygen atoms in total. The Morgan fingerprint density at radius 2 is 1.93 bits per heavy atom. The monoisotopic (exact) mass is 192 g/mol. The van der Waals surface area contributed by atoms with E-state index in [1.54, 1.807) is 0 Å². The molecule has 0 aliphatic rings. The fraction of sp³-hybridized carbons (Fsp3) is 0.500. The van der Waals surface area contributed by atoms with Crippen LogP contribution in [0.15, 0.2) is 6.07 Å². The first-order valence-corrected chi connectivity index (χ1v) is 5.24. The molecule has 78 valence electrons. The van der Waals surface area contributed by atoms with Crippen LogP contribution in [0.3, 0.4) is 0 Å². The first kappa shape index (κ1) is 10.9. The zero-order valence-corrected chi connectivity index (χ0v) is 9.57. The molecule has 0 bridgehead atoms. The van der Waals surface area contributed by atoms with Crippen LogP contribution in [0.2, 0.25) is 0 Å². The van der Waals surface area contributed by atoms with E-state index in [1.807, 2.05) is 7.05 Å². The van der Waals surface area contributed by atoms with Gasteiger partial charge in [-0.2, -0.15) is 0 Å². The van der Waals surface area contributed by atoms with Gasteiger partial charge < -0.3 is 11.1 Å². The van der Waals surface area contributed by atoms with Crippen molar-refractivity contribution in [1.29, 1.82) is 0 Å². The predicted molar refractivity (Wildman–Crippen MR) is 63.9 cm³/mol. The first-order valence-electron chi connectivity index (χ1n) is 5.24. The summed E-state index contributed by atoms with van der Waals surface area (Å²) >= 11 is 0. The lowest BCUT2D eigenvalue weighted by Gasteiger charge is -2.16. The third-order valence-corrected chi connectivity index (χ3v) is 2.85. The average molecular weight is 192 g/mol. The molecule has 2 heteroatoms. The maximum Gasteiger partial charge on any atom is 0.0380 e. The molecular weight excluding hydrogens is 172 g/mol. The van der Waals surface area contributed by atoms with Gasteiger partial charge in [0.15, 0.2) is 0 Å². The quantitative estimate of drug-likeness (QED) is 0.723. The topological polar surface area (TPSA) is 38.0 Å². The molecule has 0 radical (unpaired) electrons. The Balaban J connectivity index is 3.38. The summed E-state index contributed by atoms with van der Waals surface area (Å²) in [5, 5.41) is 3.23. The maximum atomic E-state index is 6.07. The Morgan fingerprint density at radius 3 is 2.36 bits per heavy atom. The highest BCUT2D eigenvalue weighted by Gasteiger charge is 2.09. The zero-order chi connectivity index (χ0) is 10.7. The number of nitrogens with two attached hydrogens (primary N) is 1. The van der Waals surface area contributed by atoms with E-state index in [9.17, 15) is 0 Å². The van der Waals surface area contributed by atoms with Crippen LogP contribution in [0.4, 0.5) is 11.4 Å². The molecule has 0 atom stereocenters. The summed E-state index contributed by atoms with van der Waals surface area (Å²) in [6.45, 7) is 6.40. The minimum absolute atomic E-state index is 0.961. The van der Waals surface area contributed by atoms with Crippen LogP contribution in [-0.2, 0) is 12.8 Å². The number of aryl methyl sites for hydroxylation is 1. The van der Waals surface area contributed by atoms with Crippen molar-refractivity contribution in [3.8, 4) is 0 Å². The Bertz CT molecular complexity index is 330. The van der Waals surface area contributed by atoms with Crippen LogP contribution < -0.4 is 11.1 Å². The van der Waals surface area contributed by atoms with E-state index >= 15 is 0 Å². The fourth-order valence-corrected chi connectivity index (χ4v) is 1.92. The summed E-state index contributed by atoms with van der Waals surface area (Å²) < 4.78 is 0. The van der Waals surface area contributed by atoms with Crippen molar-refractivity contribution >= 4 is 11.4 Å². The van der Waals surface area contributed by atoms with Crippen molar-refractivity contribution in [3.63, 3.8) is 0 Å². The van der Waals surface area contributed by atoms with Gasteiger partial charge in [0.25, 0.3) is 0 Å². The molecule has 3 N–H and O–H groups in total. The molecule has 1 aromatic carbocycles. The van der Waals surface area contributed by atoms with E-state index in [1.165, 1.54) is 22.4 Å². The Labute approximate surface area is 86.5 Å². The second-order valence-corrected chi connectivity index (χ2v) is 3.56. The second-order valence-electron chi connectivity index (χ2n) is 3.56. The number of anilines is 2. The van der Waals surface area contributed by atoms with E-state index in [0.29, 0.717) is 0 Å². The van der Waals surface area contributed by atoms with E-state index in [2.05, 4.69) is 32.2 Å². The van der Waals surface area contributed by atoms with Gasteiger partial charge in [0.2, 0.25) is 0 Å². The third-order valence-electron chi connectivity index (χ3n) is 2.85. The maximum absolute atomic E-state index is 6.07. The molecule has 0 aliphatic heterocycles. The largest absolute Gasteiger partial charge is 0.398 e. The van der Waals surface area contributed by atoms with Crippen LogP contribution in [0.1, 0.15) is 30.5 Å². The third kappa shape index (κ3) is 1.69. The van der Waals surface area contributed by atoms with Crippen LogP contribution >= 0.6 is 0 Å². The van der Waals surface area contributed by atoms with Gasteiger partial charge in [0, 0.05) is 18.4 Å². The molecule has 0 aliphatic carbocycles. The first-order chi connectivity index (χ1) is 6.65. The summed E-state index contributed by atoms with van der Waals surface area (Å²) in [4.78, 5) is 0. The highest BCUT2D eigenvalue weighted by Crippen LogP contribution is 2.29. The van der Waals surface area contributed by atoms with Crippen LogP contribution in [0, 0.1) is 6.92 Å². The standard InChI is InChI=1S/C12H20N2/c1-5-9-7-11(14-4)10(6-2)8(3)12(9)13/h7,14H,5-6,13H2,1-4H3. The lowest BCUT2D eigenvalue weighted by molar-refractivity contribution is 1.08. The van der Waals surface area contributed by atoms with Crippen molar-refractivity contribution in [2.75, 3.05) is 18.1 Å². The van der Waals surface area contributed by atoms with E-state index in [-0.39, 0.29) is 0 Å². The Kier molecular flexibility index (Phi) is 3.39. The van der Waals surface area contributed by atoms with Gasteiger partial charge in [-0.3, -0.25) is 0 Å². The zero-order valence-electron chi connectivity index (χ0n) is 9.57. The molecular formula is C12H20N2. The average Bonchev–Trinajstić information content (AvgIpc) is 2.21. The van der Waals surface area contributed by atoms with E-state index < -0.39 is 0 Å². The van der Waals surface area contributed by atoms with Crippen molar-refractivity contribution in [1.82, 2.24) is 0 Å². The van der Waals surface area contributed by atoms with Crippen LogP contribution in [0.25, 0.3) is 0 Å². The number of nitrogens with one attached hydrogen (secondary N) is 1. The SMILES string of the molecule is CCc1cc(NC)c(CC)c(C)c1N.